The number of sulfonamides is 1. The number of hydrogen-bond acceptors (Lipinski definition) is 4. The number of carbonyl (C=O) groups is 2. The van der Waals surface area contributed by atoms with E-state index in [0.29, 0.717) is 16.3 Å². The number of halogens is 1. The predicted molar refractivity (Wildman–Crippen MR) is 176 cm³/mol. The largest absolute Gasteiger partial charge is 0.352 e. The van der Waals surface area contributed by atoms with Crippen LogP contribution in [0.2, 0.25) is 5.02 Å². The van der Waals surface area contributed by atoms with Crippen molar-refractivity contribution in [2.75, 3.05) is 10.8 Å². The second kappa shape index (κ2) is 14.6. The van der Waals surface area contributed by atoms with Crippen LogP contribution in [0.5, 0.6) is 0 Å². The Morgan fingerprint density at radius 3 is 2.09 bits per heavy atom. The lowest BCUT2D eigenvalue weighted by atomic mass is 10.0. The lowest BCUT2D eigenvalue weighted by Gasteiger charge is -2.34. The molecule has 4 aromatic rings. The monoisotopic (exact) mass is 631 g/mol. The first-order chi connectivity index (χ1) is 20.9. The van der Waals surface area contributed by atoms with E-state index in [1.807, 2.05) is 70.2 Å². The van der Waals surface area contributed by atoms with Crippen molar-refractivity contribution >= 4 is 39.1 Å². The quantitative estimate of drug-likeness (QED) is 0.198. The molecule has 2 amide bonds. The molecule has 0 fully saturated rings. The number of hydrogen-bond donors (Lipinski definition) is 1. The molecule has 0 aliphatic rings. The van der Waals surface area contributed by atoms with E-state index in [2.05, 4.69) is 5.32 Å². The van der Waals surface area contributed by atoms with Gasteiger partial charge in [-0.05, 0) is 80.8 Å². The molecule has 0 spiro atoms. The van der Waals surface area contributed by atoms with E-state index >= 15 is 0 Å². The van der Waals surface area contributed by atoms with Crippen LogP contribution >= 0.6 is 11.6 Å². The minimum absolute atomic E-state index is 0.0502. The second-order valence-corrected chi connectivity index (χ2v) is 13.5. The van der Waals surface area contributed by atoms with Gasteiger partial charge in [-0.15, -0.1) is 0 Å². The van der Waals surface area contributed by atoms with Crippen LogP contribution in [0, 0.1) is 13.8 Å². The van der Waals surface area contributed by atoms with Crippen molar-refractivity contribution in [1.82, 2.24) is 10.2 Å². The summed E-state index contributed by atoms with van der Waals surface area (Å²) >= 11 is 6.30. The SMILES string of the molecule is Cc1ccc(S(=O)(=O)N(CC(=O)N(Cc2cccc(Cl)c2)[C@@H](Cc2ccccc2)C(=O)NC(C)C)c2cccc(C)c2)cc1. The van der Waals surface area contributed by atoms with Crippen LogP contribution in [0.3, 0.4) is 0 Å². The molecule has 7 nitrogen and oxygen atoms in total. The van der Waals surface area contributed by atoms with Gasteiger partial charge in [-0.25, -0.2) is 8.42 Å². The van der Waals surface area contributed by atoms with Gasteiger partial charge in [-0.3, -0.25) is 13.9 Å². The van der Waals surface area contributed by atoms with E-state index in [-0.39, 0.29) is 29.8 Å². The van der Waals surface area contributed by atoms with E-state index in [9.17, 15) is 18.0 Å². The number of aryl methyl sites for hydroxylation is 2. The molecule has 0 aromatic heterocycles. The van der Waals surface area contributed by atoms with Gasteiger partial charge in [0.2, 0.25) is 11.8 Å². The van der Waals surface area contributed by atoms with Crippen molar-refractivity contribution in [3.05, 3.63) is 130 Å². The van der Waals surface area contributed by atoms with E-state index < -0.39 is 28.5 Å². The summed E-state index contributed by atoms with van der Waals surface area (Å²) in [6.07, 6.45) is 0.237. The first kappa shape index (κ1) is 32.8. The van der Waals surface area contributed by atoms with Crippen LogP contribution in [0.1, 0.15) is 36.1 Å². The molecule has 9 heteroatoms. The van der Waals surface area contributed by atoms with Gasteiger partial charge < -0.3 is 10.2 Å². The van der Waals surface area contributed by atoms with Gasteiger partial charge in [0.1, 0.15) is 12.6 Å². The fourth-order valence-corrected chi connectivity index (χ4v) is 6.53. The Morgan fingerprint density at radius 1 is 0.795 bits per heavy atom. The Balaban J connectivity index is 1.81. The minimum atomic E-state index is -4.16. The predicted octanol–water partition coefficient (Wildman–Crippen LogP) is 6.32. The zero-order chi connectivity index (χ0) is 31.9. The van der Waals surface area contributed by atoms with Gasteiger partial charge in [-0.2, -0.15) is 0 Å². The van der Waals surface area contributed by atoms with Crippen LogP contribution in [-0.2, 0) is 32.6 Å². The molecule has 0 radical (unpaired) electrons. The smallest absolute Gasteiger partial charge is 0.264 e. The van der Waals surface area contributed by atoms with Gasteiger partial charge in [0.15, 0.2) is 0 Å². The zero-order valence-corrected chi connectivity index (χ0v) is 27.0. The number of nitrogens with one attached hydrogen (secondary N) is 1. The summed E-state index contributed by atoms with van der Waals surface area (Å²) in [6, 6.07) is 29.0. The lowest BCUT2D eigenvalue weighted by molar-refractivity contribution is -0.140. The van der Waals surface area contributed by atoms with Crippen molar-refractivity contribution in [3.8, 4) is 0 Å². The summed E-state index contributed by atoms with van der Waals surface area (Å²) in [6.45, 7) is 6.98. The van der Waals surface area contributed by atoms with Crippen LogP contribution in [0.25, 0.3) is 0 Å². The molecule has 0 bridgehead atoms. The number of rotatable bonds is 12. The minimum Gasteiger partial charge on any atom is -0.352 e. The standard InChI is InChI=1S/C35H38ClN3O4S/c1-25(2)37-35(41)33(22-28-11-6-5-7-12-28)38(23-29-13-9-14-30(36)21-29)34(40)24-39(31-15-8-10-27(4)20-31)44(42,43)32-18-16-26(3)17-19-32/h5-21,25,33H,22-24H2,1-4H3,(H,37,41)/t33-/m0/s1. The number of amides is 2. The maximum Gasteiger partial charge on any atom is 0.264 e. The number of anilines is 1. The number of carbonyl (C=O) groups excluding carboxylic acids is 2. The molecule has 4 aromatic carbocycles. The first-order valence-corrected chi connectivity index (χ1v) is 16.3. The average molecular weight is 632 g/mol. The first-order valence-electron chi connectivity index (χ1n) is 14.5. The highest BCUT2D eigenvalue weighted by atomic mass is 35.5. The molecule has 0 saturated carbocycles. The van der Waals surface area contributed by atoms with Crippen molar-refractivity contribution in [3.63, 3.8) is 0 Å². The van der Waals surface area contributed by atoms with E-state index in [0.717, 1.165) is 21.0 Å². The number of nitrogens with zero attached hydrogens (tertiary/aromatic N) is 2. The summed E-state index contributed by atoms with van der Waals surface area (Å²) in [5.74, 6) is -0.857. The highest BCUT2D eigenvalue weighted by molar-refractivity contribution is 7.92. The molecule has 0 heterocycles. The Hall–Kier alpha value is -4.14. The molecular formula is C35H38ClN3O4S. The molecule has 0 saturated heterocycles. The summed E-state index contributed by atoms with van der Waals surface area (Å²) in [7, 11) is -4.16. The molecular weight excluding hydrogens is 594 g/mol. The van der Waals surface area contributed by atoms with Crippen LogP contribution < -0.4 is 9.62 Å². The van der Waals surface area contributed by atoms with Crippen molar-refractivity contribution in [2.24, 2.45) is 0 Å². The molecule has 44 heavy (non-hydrogen) atoms. The van der Waals surface area contributed by atoms with E-state index in [4.69, 9.17) is 11.6 Å². The Morgan fingerprint density at radius 2 is 1.45 bits per heavy atom. The average Bonchev–Trinajstić information content (AvgIpc) is 2.98. The third-order valence-corrected chi connectivity index (χ3v) is 9.14. The Bertz CT molecular complexity index is 1690. The third-order valence-electron chi connectivity index (χ3n) is 7.12. The van der Waals surface area contributed by atoms with Crippen LogP contribution in [0.4, 0.5) is 5.69 Å². The van der Waals surface area contributed by atoms with Gasteiger partial charge in [-0.1, -0.05) is 83.9 Å². The van der Waals surface area contributed by atoms with Gasteiger partial charge in [0.05, 0.1) is 10.6 Å². The topological polar surface area (TPSA) is 86.8 Å². The molecule has 1 N–H and O–H groups in total. The summed E-state index contributed by atoms with van der Waals surface area (Å²) in [5.41, 5.74) is 3.68. The van der Waals surface area contributed by atoms with Gasteiger partial charge >= 0.3 is 0 Å². The number of benzene rings is 4. The molecule has 4 rings (SSSR count). The molecule has 230 valence electrons. The van der Waals surface area contributed by atoms with E-state index in [1.165, 1.54) is 17.0 Å². The second-order valence-electron chi connectivity index (χ2n) is 11.2. The van der Waals surface area contributed by atoms with Crippen molar-refractivity contribution < 1.29 is 18.0 Å². The fourth-order valence-electron chi connectivity index (χ4n) is 4.92. The van der Waals surface area contributed by atoms with Crippen molar-refractivity contribution in [2.45, 2.75) is 57.6 Å². The van der Waals surface area contributed by atoms with E-state index in [1.54, 1.807) is 48.5 Å². The summed E-state index contributed by atoms with van der Waals surface area (Å²) in [5, 5.41) is 3.45. The lowest BCUT2D eigenvalue weighted by Crippen LogP contribution is -2.54. The van der Waals surface area contributed by atoms with Crippen LogP contribution in [-0.4, -0.2) is 43.8 Å². The summed E-state index contributed by atoms with van der Waals surface area (Å²) < 4.78 is 29.4. The molecule has 0 aliphatic carbocycles. The van der Waals surface area contributed by atoms with Gasteiger partial charge in [0.25, 0.3) is 10.0 Å². The fraction of sp³-hybridized carbons (Fsp3) is 0.257. The highest BCUT2D eigenvalue weighted by Crippen LogP contribution is 2.26. The molecule has 0 unspecified atom stereocenters. The molecule has 0 aliphatic heterocycles. The molecule has 1 atom stereocenters. The maximum atomic E-state index is 14.5. The Labute approximate surface area is 265 Å². The normalized spacial score (nSPS) is 12.0. The Kier molecular flexibility index (Phi) is 10.8. The van der Waals surface area contributed by atoms with Gasteiger partial charge in [0, 0.05) is 24.0 Å². The maximum absolute atomic E-state index is 14.5. The van der Waals surface area contributed by atoms with Crippen LogP contribution in [0.15, 0.2) is 108 Å². The zero-order valence-electron chi connectivity index (χ0n) is 25.4. The third kappa shape index (κ3) is 8.49. The van der Waals surface area contributed by atoms with Crippen molar-refractivity contribution in [1.29, 1.82) is 0 Å². The highest BCUT2D eigenvalue weighted by Gasteiger charge is 2.35. The summed E-state index contributed by atoms with van der Waals surface area (Å²) in [4.78, 5) is 29.7.